The number of rotatable bonds is 6. The third kappa shape index (κ3) is 4.90. The highest BCUT2D eigenvalue weighted by Crippen LogP contribution is 2.28. The first-order chi connectivity index (χ1) is 14.7. The SMILES string of the molecule is Cc1ccccc1C1CNCCN1CCN(C(=O)C1CCCCC1)c1ccccn1. The molecule has 2 aromatic rings. The van der Waals surface area contributed by atoms with Crippen LogP contribution in [-0.2, 0) is 4.79 Å². The number of pyridine rings is 1. The maximum Gasteiger partial charge on any atom is 0.231 e. The van der Waals surface area contributed by atoms with E-state index in [-0.39, 0.29) is 11.8 Å². The number of piperazine rings is 1. The fraction of sp³-hybridized carbons (Fsp3) is 0.520. The average molecular weight is 407 g/mol. The number of amides is 1. The Hall–Kier alpha value is -2.24. The molecule has 1 aromatic heterocycles. The minimum atomic E-state index is 0.149. The van der Waals surface area contributed by atoms with Crippen LogP contribution in [0.15, 0.2) is 48.7 Å². The van der Waals surface area contributed by atoms with E-state index in [4.69, 9.17) is 0 Å². The lowest BCUT2D eigenvalue weighted by Gasteiger charge is -2.38. The van der Waals surface area contributed by atoms with Crippen LogP contribution in [0.1, 0.15) is 49.3 Å². The van der Waals surface area contributed by atoms with E-state index >= 15 is 0 Å². The van der Waals surface area contributed by atoms with Crippen LogP contribution in [0.2, 0.25) is 0 Å². The largest absolute Gasteiger partial charge is 0.314 e. The van der Waals surface area contributed by atoms with Gasteiger partial charge in [0.05, 0.1) is 0 Å². The summed E-state index contributed by atoms with van der Waals surface area (Å²) in [5, 5.41) is 3.55. The van der Waals surface area contributed by atoms with Crippen molar-refractivity contribution >= 4 is 11.7 Å². The summed E-state index contributed by atoms with van der Waals surface area (Å²) in [6.07, 6.45) is 7.41. The molecule has 1 aliphatic heterocycles. The molecule has 5 heteroatoms. The van der Waals surface area contributed by atoms with Crippen molar-refractivity contribution in [2.75, 3.05) is 37.6 Å². The lowest BCUT2D eigenvalue weighted by molar-refractivity contribution is -0.123. The van der Waals surface area contributed by atoms with Crippen LogP contribution in [0, 0.1) is 12.8 Å². The van der Waals surface area contributed by atoms with Gasteiger partial charge in [-0.3, -0.25) is 14.6 Å². The average Bonchev–Trinajstić information content (AvgIpc) is 2.81. The molecular weight excluding hydrogens is 372 g/mol. The predicted molar refractivity (Wildman–Crippen MR) is 122 cm³/mol. The van der Waals surface area contributed by atoms with Crippen LogP contribution >= 0.6 is 0 Å². The number of carbonyl (C=O) groups is 1. The van der Waals surface area contributed by atoms with Crippen molar-refractivity contribution in [3.05, 3.63) is 59.8 Å². The van der Waals surface area contributed by atoms with Crippen molar-refractivity contribution < 1.29 is 4.79 Å². The number of anilines is 1. The Morgan fingerprint density at radius 3 is 2.70 bits per heavy atom. The van der Waals surface area contributed by atoms with Crippen molar-refractivity contribution in [3.8, 4) is 0 Å². The van der Waals surface area contributed by atoms with E-state index in [2.05, 4.69) is 46.4 Å². The van der Waals surface area contributed by atoms with Crippen molar-refractivity contribution in [2.45, 2.75) is 45.1 Å². The van der Waals surface area contributed by atoms with E-state index in [1.54, 1.807) is 6.20 Å². The van der Waals surface area contributed by atoms with Crippen LogP contribution in [0.25, 0.3) is 0 Å². The highest BCUT2D eigenvalue weighted by Gasteiger charge is 2.30. The first-order valence-corrected chi connectivity index (χ1v) is 11.5. The van der Waals surface area contributed by atoms with Gasteiger partial charge in [0.15, 0.2) is 0 Å². The third-order valence-corrected chi connectivity index (χ3v) is 6.66. The fourth-order valence-electron chi connectivity index (χ4n) is 4.93. The standard InChI is InChI=1S/C25H34N4O/c1-20-9-5-6-12-22(20)23-19-26-15-16-28(23)17-18-29(24-13-7-8-14-27-24)25(30)21-10-3-2-4-11-21/h5-9,12-14,21,23,26H,2-4,10-11,15-19H2,1H3. The van der Waals surface area contributed by atoms with E-state index in [9.17, 15) is 4.79 Å². The maximum atomic E-state index is 13.4. The second-order valence-corrected chi connectivity index (χ2v) is 8.63. The zero-order valence-corrected chi connectivity index (χ0v) is 18.1. The lowest BCUT2D eigenvalue weighted by Crippen LogP contribution is -2.50. The molecule has 0 radical (unpaired) electrons. The highest BCUT2D eigenvalue weighted by molar-refractivity contribution is 5.94. The third-order valence-electron chi connectivity index (χ3n) is 6.66. The van der Waals surface area contributed by atoms with Gasteiger partial charge >= 0.3 is 0 Å². The van der Waals surface area contributed by atoms with E-state index in [1.165, 1.54) is 30.4 Å². The number of hydrogen-bond donors (Lipinski definition) is 1. The summed E-state index contributed by atoms with van der Waals surface area (Å²) >= 11 is 0. The Bertz CT molecular complexity index is 819. The minimum absolute atomic E-state index is 0.149. The topological polar surface area (TPSA) is 48.5 Å². The van der Waals surface area contributed by atoms with Crippen LogP contribution in [-0.4, -0.2) is 48.5 Å². The quantitative estimate of drug-likeness (QED) is 0.789. The number of hydrogen-bond acceptors (Lipinski definition) is 4. The van der Waals surface area contributed by atoms with Crippen LogP contribution in [0.5, 0.6) is 0 Å². The summed E-state index contributed by atoms with van der Waals surface area (Å²) in [7, 11) is 0. The molecule has 0 spiro atoms. The maximum absolute atomic E-state index is 13.4. The Labute approximate surface area is 180 Å². The number of carbonyl (C=O) groups excluding carboxylic acids is 1. The molecule has 1 amide bonds. The molecule has 1 unspecified atom stereocenters. The second-order valence-electron chi connectivity index (χ2n) is 8.63. The van der Waals surface area contributed by atoms with Crippen molar-refractivity contribution in [1.82, 2.24) is 15.2 Å². The Balaban J connectivity index is 1.50. The van der Waals surface area contributed by atoms with Gasteiger partial charge in [-0.1, -0.05) is 49.6 Å². The van der Waals surface area contributed by atoms with Gasteiger partial charge < -0.3 is 5.32 Å². The molecule has 1 aromatic carbocycles. The molecule has 1 saturated heterocycles. The minimum Gasteiger partial charge on any atom is -0.314 e. The van der Waals surface area contributed by atoms with Gasteiger partial charge in [-0.25, -0.2) is 4.98 Å². The summed E-state index contributed by atoms with van der Waals surface area (Å²) in [4.78, 5) is 22.4. The Morgan fingerprint density at radius 1 is 1.13 bits per heavy atom. The first-order valence-electron chi connectivity index (χ1n) is 11.5. The number of nitrogens with zero attached hydrogens (tertiary/aromatic N) is 3. The zero-order chi connectivity index (χ0) is 20.8. The molecule has 2 fully saturated rings. The van der Waals surface area contributed by atoms with Gasteiger partial charge in [0, 0.05) is 50.9 Å². The first kappa shape index (κ1) is 21.0. The van der Waals surface area contributed by atoms with Crippen LogP contribution in [0.3, 0.4) is 0 Å². The summed E-state index contributed by atoms with van der Waals surface area (Å²) < 4.78 is 0. The summed E-state index contributed by atoms with van der Waals surface area (Å²) in [5.41, 5.74) is 2.71. The Morgan fingerprint density at radius 2 is 1.93 bits per heavy atom. The van der Waals surface area contributed by atoms with Gasteiger partial charge in [0.25, 0.3) is 0 Å². The normalized spacial score (nSPS) is 20.8. The molecule has 2 heterocycles. The molecule has 1 aliphatic carbocycles. The van der Waals surface area contributed by atoms with E-state index < -0.39 is 0 Å². The summed E-state index contributed by atoms with van der Waals surface area (Å²) in [6, 6.07) is 14.9. The predicted octanol–water partition coefficient (Wildman–Crippen LogP) is 3.95. The molecule has 4 rings (SSSR count). The monoisotopic (exact) mass is 406 g/mol. The molecule has 5 nitrogen and oxygen atoms in total. The Kier molecular flexibility index (Phi) is 7.13. The molecule has 0 bridgehead atoms. The molecule has 1 atom stereocenters. The van der Waals surface area contributed by atoms with Gasteiger partial charge in [-0.2, -0.15) is 0 Å². The molecule has 1 N–H and O–H groups in total. The summed E-state index contributed by atoms with van der Waals surface area (Å²) in [6.45, 7) is 6.67. The van der Waals surface area contributed by atoms with Crippen molar-refractivity contribution in [1.29, 1.82) is 0 Å². The van der Waals surface area contributed by atoms with Crippen LogP contribution < -0.4 is 10.2 Å². The fourth-order valence-corrected chi connectivity index (χ4v) is 4.93. The van der Waals surface area contributed by atoms with E-state index in [0.29, 0.717) is 12.6 Å². The highest BCUT2D eigenvalue weighted by atomic mass is 16.2. The zero-order valence-electron chi connectivity index (χ0n) is 18.1. The summed E-state index contributed by atoms with van der Waals surface area (Å²) in [5.74, 6) is 1.20. The van der Waals surface area contributed by atoms with Crippen molar-refractivity contribution in [2.24, 2.45) is 5.92 Å². The second kappa shape index (κ2) is 10.2. The smallest absolute Gasteiger partial charge is 0.231 e. The van der Waals surface area contributed by atoms with Gasteiger partial charge in [-0.05, 0) is 43.0 Å². The van der Waals surface area contributed by atoms with Gasteiger partial charge in [0.2, 0.25) is 5.91 Å². The molecular formula is C25H34N4O. The molecule has 1 saturated carbocycles. The number of nitrogens with one attached hydrogen (secondary N) is 1. The number of benzene rings is 1. The van der Waals surface area contributed by atoms with E-state index in [1.807, 2.05) is 23.1 Å². The number of aryl methyl sites for hydroxylation is 1. The lowest BCUT2D eigenvalue weighted by atomic mass is 9.88. The van der Waals surface area contributed by atoms with Gasteiger partial charge in [0.1, 0.15) is 5.82 Å². The van der Waals surface area contributed by atoms with Gasteiger partial charge in [-0.15, -0.1) is 0 Å². The van der Waals surface area contributed by atoms with Crippen molar-refractivity contribution in [3.63, 3.8) is 0 Å². The molecule has 160 valence electrons. The molecule has 2 aliphatic rings. The number of aromatic nitrogens is 1. The molecule has 30 heavy (non-hydrogen) atoms. The van der Waals surface area contributed by atoms with Crippen LogP contribution in [0.4, 0.5) is 5.82 Å². The van der Waals surface area contributed by atoms with E-state index in [0.717, 1.165) is 44.8 Å².